The molecular weight excluding hydrogens is 374 g/mol. The smallest absolute Gasteiger partial charge is 0.270 e. The van der Waals surface area contributed by atoms with Crippen LogP contribution in [0.1, 0.15) is 13.8 Å². The summed E-state index contributed by atoms with van der Waals surface area (Å²) >= 11 is 0. The van der Waals surface area contributed by atoms with Gasteiger partial charge >= 0.3 is 0 Å². The molecule has 8 heteroatoms. The Hall–Kier alpha value is -3.55. The molecule has 0 saturated carbocycles. The minimum atomic E-state index is -0.804. The fourth-order valence-electron chi connectivity index (χ4n) is 2.78. The first-order valence-corrected chi connectivity index (χ1v) is 9.35. The van der Waals surface area contributed by atoms with Crippen molar-refractivity contribution in [3.63, 3.8) is 0 Å². The van der Waals surface area contributed by atoms with Gasteiger partial charge in [-0.1, -0.05) is 26.0 Å². The Morgan fingerprint density at radius 3 is 2.66 bits per heavy atom. The molecule has 1 amide bonds. The number of para-hydroxylation sites is 2. The summed E-state index contributed by atoms with van der Waals surface area (Å²) in [7, 11) is 0. The van der Waals surface area contributed by atoms with Gasteiger partial charge in [-0.15, -0.1) is 0 Å². The van der Waals surface area contributed by atoms with Gasteiger partial charge in [0, 0.05) is 5.56 Å². The number of benzene rings is 2. The highest BCUT2D eigenvalue weighted by atomic mass is 16.6. The number of aromatic nitrogens is 2. The Morgan fingerprint density at radius 1 is 1.14 bits per heavy atom. The first kappa shape index (κ1) is 18.8. The summed E-state index contributed by atoms with van der Waals surface area (Å²) in [5.41, 5.74) is 1.16. The number of carbonyl (C=O) groups excluding carboxylic acids is 1. The second-order valence-electron chi connectivity index (χ2n) is 7.04. The number of anilines is 1. The number of carbonyl (C=O) groups is 1. The van der Waals surface area contributed by atoms with E-state index in [0.717, 1.165) is 11.3 Å². The third-order valence-electron chi connectivity index (χ3n) is 4.24. The zero-order valence-corrected chi connectivity index (χ0v) is 16.1. The lowest BCUT2D eigenvalue weighted by molar-refractivity contribution is -0.125. The van der Waals surface area contributed by atoms with Crippen molar-refractivity contribution in [2.45, 2.75) is 20.0 Å². The van der Waals surface area contributed by atoms with E-state index in [1.165, 1.54) is 0 Å². The van der Waals surface area contributed by atoms with Gasteiger partial charge in [-0.05, 0) is 52.6 Å². The average Bonchev–Trinajstić information content (AvgIpc) is 3.20. The quantitative estimate of drug-likeness (QED) is 0.682. The minimum absolute atomic E-state index is 0.103. The number of nitrogens with zero attached hydrogens (tertiary/aromatic N) is 2. The van der Waals surface area contributed by atoms with E-state index >= 15 is 0 Å². The van der Waals surface area contributed by atoms with Crippen molar-refractivity contribution in [3.05, 3.63) is 48.5 Å². The zero-order chi connectivity index (χ0) is 20.2. The van der Waals surface area contributed by atoms with Crippen molar-refractivity contribution in [1.29, 1.82) is 0 Å². The molecule has 2 aromatic carbocycles. The summed E-state index contributed by atoms with van der Waals surface area (Å²) in [5.74, 6) is 2.15. The largest absolute Gasteiger partial charge is 0.493 e. The predicted molar refractivity (Wildman–Crippen MR) is 105 cm³/mol. The molecule has 0 saturated heterocycles. The van der Waals surface area contributed by atoms with Crippen molar-refractivity contribution in [3.8, 4) is 28.5 Å². The molecule has 0 aliphatic carbocycles. The van der Waals surface area contributed by atoms with E-state index in [9.17, 15) is 4.79 Å². The molecule has 3 aromatic rings. The SMILES string of the molecule is CC(C)COc1ccc(-c2nonc2NC(=O)[C@@H]2COc3ccccc3O2)cc1. The van der Waals surface area contributed by atoms with E-state index in [4.69, 9.17) is 18.8 Å². The number of rotatable bonds is 6. The van der Waals surface area contributed by atoms with Gasteiger partial charge in [-0.2, -0.15) is 0 Å². The van der Waals surface area contributed by atoms with Crippen LogP contribution in [0.25, 0.3) is 11.3 Å². The van der Waals surface area contributed by atoms with E-state index in [2.05, 4.69) is 29.5 Å². The summed E-state index contributed by atoms with van der Waals surface area (Å²) in [6, 6.07) is 14.5. The standard InChI is InChI=1S/C21H21N3O5/c1-13(2)11-26-15-9-7-14(8-10-15)19-20(24-29-23-19)22-21(25)18-12-27-16-5-3-4-6-17(16)28-18/h3-10,13,18H,11-12H2,1-2H3,(H,22,24,25)/t18-/m0/s1. The van der Waals surface area contributed by atoms with Crippen LogP contribution in [0.5, 0.6) is 17.2 Å². The van der Waals surface area contributed by atoms with E-state index in [1.54, 1.807) is 12.1 Å². The molecule has 1 aliphatic rings. The first-order valence-electron chi connectivity index (χ1n) is 9.35. The van der Waals surface area contributed by atoms with Gasteiger partial charge in [0.05, 0.1) is 6.61 Å². The highest BCUT2D eigenvalue weighted by Gasteiger charge is 2.29. The number of amides is 1. The highest BCUT2D eigenvalue weighted by Crippen LogP contribution is 2.32. The highest BCUT2D eigenvalue weighted by molar-refractivity contribution is 5.96. The maximum atomic E-state index is 12.6. The molecule has 1 atom stereocenters. The van der Waals surface area contributed by atoms with Crippen LogP contribution in [-0.4, -0.2) is 35.5 Å². The van der Waals surface area contributed by atoms with E-state index in [1.807, 2.05) is 36.4 Å². The summed E-state index contributed by atoms with van der Waals surface area (Å²) in [6.07, 6.45) is -0.804. The van der Waals surface area contributed by atoms with Crippen LogP contribution >= 0.6 is 0 Å². The van der Waals surface area contributed by atoms with Crippen LogP contribution in [0.2, 0.25) is 0 Å². The van der Waals surface area contributed by atoms with Crippen LogP contribution in [0.15, 0.2) is 53.2 Å². The van der Waals surface area contributed by atoms with Crippen LogP contribution in [-0.2, 0) is 4.79 Å². The lowest BCUT2D eigenvalue weighted by Gasteiger charge is -2.25. The Balaban J connectivity index is 1.44. The van der Waals surface area contributed by atoms with Gasteiger partial charge in [0.1, 0.15) is 12.4 Å². The molecule has 0 spiro atoms. The Bertz CT molecular complexity index is 984. The predicted octanol–water partition coefficient (Wildman–Crippen LogP) is 3.55. The second kappa shape index (κ2) is 8.22. The van der Waals surface area contributed by atoms with Gasteiger partial charge in [-0.3, -0.25) is 4.79 Å². The summed E-state index contributed by atoms with van der Waals surface area (Å²) in [4.78, 5) is 12.6. The Morgan fingerprint density at radius 2 is 1.90 bits per heavy atom. The molecule has 0 bridgehead atoms. The zero-order valence-electron chi connectivity index (χ0n) is 16.1. The van der Waals surface area contributed by atoms with Gasteiger partial charge in [0.25, 0.3) is 5.91 Å². The number of hydrogen-bond acceptors (Lipinski definition) is 7. The summed E-state index contributed by atoms with van der Waals surface area (Å²) in [6.45, 7) is 4.91. The third-order valence-corrected chi connectivity index (χ3v) is 4.24. The first-order chi connectivity index (χ1) is 14.1. The lowest BCUT2D eigenvalue weighted by Crippen LogP contribution is -2.40. The topological polar surface area (TPSA) is 95.7 Å². The number of nitrogens with one attached hydrogen (secondary N) is 1. The molecular formula is C21H21N3O5. The normalized spacial score (nSPS) is 15.2. The molecule has 150 valence electrons. The molecule has 4 rings (SSSR count). The van der Waals surface area contributed by atoms with Crippen molar-refractivity contribution >= 4 is 11.7 Å². The minimum Gasteiger partial charge on any atom is -0.493 e. The van der Waals surface area contributed by atoms with Gasteiger partial charge < -0.3 is 19.5 Å². The van der Waals surface area contributed by atoms with E-state index < -0.39 is 12.0 Å². The van der Waals surface area contributed by atoms with Gasteiger partial charge in [0.2, 0.25) is 11.9 Å². The second-order valence-corrected chi connectivity index (χ2v) is 7.04. The fourth-order valence-corrected chi connectivity index (χ4v) is 2.78. The van der Waals surface area contributed by atoms with Crippen molar-refractivity contribution in [2.24, 2.45) is 5.92 Å². The maximum absolute atomic E-state index is 12.6. The molecule has 1 aliphatic heterocycles. The molecule has 1 aromatic heterocycles. The summed E-state index contributed by atoms with van der Waals surface area (Å²) < 4.78 is 21.8. The van der Waals surface area contributed by atoms with Crippen LogP contribution in [0, 0.1) is 5.92 Å². The molecule has 0 radical (unpaired) electrons. The van der Waals surface area contributed by atoms with Crippen molar-refractivity contribution in [2.75, 3.05) is 18.5 Å². The molecule has 0 fully saturated rings. The van der Waals surface area contributed by atoms with Crippen LogP contribution < -0.4 is 19.5 Å². The molecule has 29 heavy (non-hydrogen) atoms. The third kappa shape index (κ3) is 4.31. The molecule has 8 nitrogen and oxygen atoms in total. The van der Waals surface area contributed by atoms with E-state index in [0.29, 0.717) is 29.7 Å². The monoisotopic (exact) mass is 395 g/mol. The van der Waals surface area contributed by atoms with Crippen molar-refractivity contribution in [1.82, 2.24) is 10.3 Å². The number of hydrogen-bond donors (Lipinski definition) is 1. The van der Waals surface area contributed by atoms with Crippen molar-refractivity contribution < 1.29 is 23.6 Å². The number of ether oxygens (including phenoxy) is 3. The molecule has 0 unspecified atom stereocenters. The van der Waals surface area contributed by atoms with Gasteiger partial charge in [0.15, 0.2) is 17.2 Å². The lowest BCUT2D eigenvalue weighted by atomic mass is 10.1. The van der Waals surface area contributed by atoms with Crippen LogP contribution in [0.4, 0.5) is 5.82 Å². The number of fused-ring (bicyclic) bond motifs is 1. The molecule has 2 heterocycles. The molecule has 1 N–H and O–H groups in total. The Kier molecular flexibility index (Phi) is 5.33. The fraction of sp³-hybridized carbons (Fsp3) is 0.286. The van der Waals surface area contributed by atoms with Gasteiger partial charge in [-0.25, -0.2) is 4.63 Å². The van der Waals surface area contributed by atoms with Crippen LogP contribution in [0.3, 0.4) is 0 Å². The summed E-state index contributed by atoms with van der Waals surface area (Å²) in [5, 5.41) is 10.4. The van der Waals surface area contributed by atoms with E-state index in [-0.39, 0.29) is 12.4 Å². The maximum Gasteiger partial charge on any atom is 0.270 e. The Labute approximate surface area is 167 Å². The average molecular weight is 395 g/mol.